The van der Waals surface area contributed by atoms with Crippen molar-refractivity contribution in [3.05, 3.63) is 48.0 Å². The average molecular weight is 492 g/mol. The molecule has 0 unspecified atom stereocenters. The number of rotatable bonds is 10. The number of para-hydroxylation sites is 1. The minimum absolute atomic E-state index is 0.0214. The van der Waals surface area contributed by atoms with Crippen LogP contribution in [0, 0.1) is 0 Å². The Hall–Kier alpha value is -3.31. The van der Waals surface area contributed by atoms with Gasteiger partial charge in [0.25, 0.3) is 5.91 Å². The maximum absolute atomic E-state index is 12.9. The van der Waals surface area contributed by atoms with Gasteiger partial charge in [-0.15, -0.1) is 0 Å². The number of amides is 2. The Morgan fingerprint density at radius 2 is 1.91 bits per heavy atom. The average Bonchev–Trinajstić information content (AvgIpc) is 3.34. The van der Waals surface area contributed by atoms with Crippen LogP contribution in [-0.4, -0.2) is 66.5 Å². The smallest absolute Gasteiger partial charge is 0.253 e. The zero-order chi connectivity index (χ0) is 24.7. The number of nitrogens with one attached hydrogen (secondary N) is 2. The molecule has 1 fully saturated rings. The quantitative estimate of drug-likeness (QED) is 0.521. The van der Waals surface area contributed by atoms with E-state index < -0.39 is 22.5 Å². The number of ether oxygens (including phenoxy) is 3. The number of hydrogen-bond donors (Lipinski definition) is 2. The molecule has 0 spiro atoms. The van der Waals surface area contributed by atoms with Crippen LogP contribution in [0.2, 0.25) is 0 Å². The van der Waals surface area contributed by atoms with Crippen LogP contribution in [0.5, 0.6) is 11.5 Å². The molecule has 1 aliphatic rings. The van der Waals surface area contributed by atoms with Gasteiger partial charge in [-0.3, -0.25) is 13.9 Å². The SMILES string of the molecule is COc1ccc(OC)c(N(CC(=O)Nc2ccccc2C(=O)NC[C@H]2CCCO2)S(C)(=O)=O)c1. The van der Waals surface area contributed by atoms with Gasteiger partial charge < -0.3 is 24.8 Å². The van der Waals surface area contributed by atoms with E-state index in [-0.39, 0.29) is 34.7 Å². The Kier molecular flexibility index (Phi) is 8.35. The fourth-order valence-corrected chi connectivity index (χ4v) is 4.44. The Morgan fingerprint density at radius 1 is 1.15 bits per heavy atom. The second-order valence-electron chi connectivity index (χ2n) is 7.75. The van der Waals surface area contributed by atoms with Crippen molar-refractivity contribution in [2.24, 2.45) is 0 Å². The summed E-state index contributed by atoms with van der Waals surface area (Å²) in [5.41, 5.74) is 0.684. The standard InChI is InChI=1S/C23H29N3O7S/c1-31-16-10-11-21(32-2)20(13-16)26(34(3,29)30)15-22(27)25-19-9-5-4-8-18(19)23(28)24-14-17-7-6-12-33-17/h4-5,8-11,13,17H,6-7,12,14-15H2,1-3H3,(H,24,28)(H,25,27)/t17-/m1/s1. The number of nitrogens with zero attached hydrogens (tertiary/aromatic N) is 1. The molecule has 0 saturated carbocycles. The number of anilines is 2. The van der Waals surface area contributed by atoms with Crippen LogP contribution < -0.4 is 24.4 Å². The summed E-state index contributed by atoms with van der Waals surface area (Å²) in [4.78, 5) is 25.6. The molecule has 2 N–H and O–H groups in total. The molecule has 3 rings (SSSR count). The highest BCUT2D eigenvalue weighted by Crippen LogP contribution is 2.33. The molecule has 184 valence electrons. The fraction of sp³-hybridized carbons (Fsp3) is 0.391. The molecule has 2 aromatic carbocycles. The van der Waals surface area contributed by atoms with E-state index in [4.69, 9.17) is 14.2 Å². The topological polar surface area (TPSA) is 123 Å². The molecule has 11 heteroatoms. The van der Waals surface area contributed by atoms with Gasteiger partial charge in [0.2, 0.25) is 15.9 Å². The summed E-state index contributed by atoms with van der Waals surface area (Å²) in [6.45, 7) is 0.523. The number of carbonyl (C=O) groups excluding carboxylic acids is 2. The van der Waals surface area contributed by atoms with E-state index in [1.165, 1.54) is 20.3 Å². The van der Waals surface area contributed by atoms with Crippen LogP contribution in [0.15, 0.2) is 42.5 Å². The lowest BCUT2D eigenvalue weighted by molar-refractivity contribution is -0.114. The highest BCUT2D eigenvalue weighted by atomic mass is 32.2. The maximum atomic E-state index is 12.9. The van der Waals surface area contributed by atoms with Gasteiger partial charge in [-0.1, -0.05) is 12.1 Å². The first kappa shape index (κ1) is 25.3. The Balaban J connectivity index is 1.78. The predicted octanol–water partition coefficient (Wildman–Crippen LogP) is 2.02. The minimum atomic E-state index is -3.86. The van der Waals surface area contributed by atoms with E-state index in [0.717, 1.165) is 23.4 Å². The molecule has 0 aliphatic carbocycles. The zero-order valence-electron chi connectivity index (χ0n) is 19.4. The molecule has 0 radical (unpaired) electrons. The number of hydrogen-bond acceptors (Lipinski definition) is 7. The third kappa shape index (κ3) is 6.39. The summed E-state index contributed by atoms with van der Waals surface area (Å²) in [6, 6.07) is 11.2. The molecular formula is C23H29N3O7S. The first-order chi connectivity index (χ1) is 16.2. The van der Waals surface area contributed by atoms with Crippen LogP contribution in [0.25, 0.3) is 0 Å². The third-order valence-corrected chi connectivity index (χ3v) is 6.43. The van der Waals surface area contributed by atoms with Gasteiger partial charge in [0, 0.05) is 19.2 Å². The van der Waals surface area contributed by atoms with Crippen LogP contribution in [-0.2, 0) is 19.6 Å². The minimum Gasteiger partial charge on any atom is -0.497 e. The highest BCUT2D eigenvalue weighted by Gasteiger charge is 2.25. The molecule has 1 aliphatic heterocycles. The van der Waals surface area contributed by atoms with Crippen LogP contribution in [0.4, 0.5) is 11.4 Å². The molecule has 2 aromatic rings. The first-order valence-electron chi connectivity index (χ1n) is 10.7. The number of carbonyl (C=O) groups is 2. The van der Waals surface area contributed by atoms with Crippen molar-refractivity contribution in [3.63, 3.8) is 0 Å². The molecule has 1 heterocycles. The highest BCUT2D eigenvalue weighted by molar-refractivity contribution is 7.92. The normalized spacial score (nSPS) is 15.4. The van der Waals surface area contributed by atoms with Gasteiger partial charge in [-0.05, 0) is 37.1 Å². The van der Waals surface area contributed by atoms with E-state index in [2.05, 4.69) is 10.6 Å². The Bertz CT molecular complexity index is 1130. The van der Waals surface area contributed by atoms with Crippen molar-refractivity contribution >= 4 is 33.2 Å². The molecule has 0 aromatic heterocycles. The second kappa shape index (κ2) is 11.2. The first-order valence-corrected chi connectivity index (χ1v) is 12.6. The second-order valence-corrected chi connectivity index (χ2v) is 9.65. The lowest BCUT2D eigenvalue weighted by atomic mass is 10.1. The molecule has 0 bridgehead atoms. The van der Waals surface area contributed by atoms with Crippen LogP contribution in [0.3, 0.4) is 0 Å². The summed E-state index contributed by atoms with van der Waals surface area (Å²) >= 11 is 0. The van der Waals surface area contributed by atoms with Gasteiger partial charge in [0.05, 0.1) is 43.5 Å². The van der Waals surface area contributed by atoms with Gasteiger partial charge in [-0.2, -0.15) is 0 Å². The lowest BCUT2D eigenvalue weighted by Gasteiger charge is -2.24. The molecule has 34 heavy (non-hydrogen) atoms. The third-order valence-electron chi connectivity index (χ3n) is 5.30. The van der Waals surface area contributed by atoms with Crippen LogP contribution in [0.1, 0.15) is 23.2 Å². The van der Waals surface area contributed by atoms with E-state index in [0.29, 0.717) is 18.9 Å². The number of methoxy groups -OCH3 is 2. The van der Waals surface area contributed by atoms with Gasteiger partial charge in [0.15, 0.2) is 0 Å². The van der Waals surface area contributed by atoms with Crippen molar-refractivity contribution in [1.82, 2.24) is 5.32 Å². The molecule has 1 atom stereocenters. The zero-order valence-corrected chi connectivity index (χ0v) is 20.2. The van der Waals surface area contributed by atoms with E-state index in [9.17, 15) is 18.0 Å². The Morgan fingerprint density at radius 3 is 2.56 bits per heavy atom. The predicted molar refractivity (Wildman–Crippen MR) is 128 cm³/mol. The van der Waals surface area contributed by atoms with Crippen molar-refractivity contribution in [2.75, 3.05) is 49.8 Å². The monoisotopic (exact) mass is 491 g/mol. The van der Waals surface area contributed by atoms with Crippen molar-refractivity contribution in [1.29, 1.82) is 0 Å². The summed E-state index contributed by atoms with van der Waals surface area (Å²) < 4.78 is 42.0. The van der Waals surface area contributed by atoms with E-state index in [1.54, 1.807) is 36.4 Å². The van der Waals surface area contributed by atoms with Crippen molar-refractivity contribution < 1.29 is 32.2 Å². The summed E-state index contributed by atoms with van der Waals surface area (Å²) in [6.07, 6.45) is 2.81. The van der Waals surface area contributed by atoms with Crippen LogP contribution >= 0.6 is 0 Å². The van der Waals surface area contributed by atoms with E-state index >= 15 is 0 Å². The summed E-state index contributed by atoms with van der Waals surface area (Å²) in [5, 5.41) is 5.47. The summed E-state index contributed by atoms with van der Waals surface area (Å²) in [7, 11) is -1.02. The molecule has 10 nitrogen and oxygen atoms in total. The van der Waals surface area contributed by atoms with Gasteiger partial charge in [0.1, 0.15) is 18.0 Å². The van der Waals surface area contributed by atoms with E-state index in [1.807, 2.05) is 0 Å². The molecule has 1 saturated heterocycles. The number of sulfonamides is 1. The fourth-order valence-electron chi connectivity index (χ4n) is 3.59. The maximum Gasteiger partial charge on any atom is 0.253 e. The van der Waals surface area contributed by atoms with Gasteiger partial charge >= 0.3 is 0 Å². The van der Waals surface area contributed by atoms with Gasteiger partial charge in [-0.25, -0.2) is 8.42 Å². The largest absolute Gasteiger partial charge is 0.497 e. The Labute approximate surface area is 199 Å². The molecular weight excluding hydrogens is 462 g/mol. The van der Waals surface area contributed by atoms with Crippen molar-refractivity contribution in [2.45, 2.75) is 18.9 Å². The number of benzene rings is 2. The molecule has 2 amide bonds. The summed E-state index contributed by atoms with van der Waals surface area (Å²) in [5.74, 6) is -0.332. The van der Waals surface area contributed by atoms with Crippen molar-refractivity contribution in [3.8, 4) is 11.5 Å². The lowest BCUT2D eigenvalue weighted by Crippen LogP contribution is -2.38.